The summed E-state index contributed by atoms with van der Waals surface area (Å²) in [4.78, 5) is 2.34. The highest BCUT2D eigenvalue weighted by Gasteiger charge is 2.38. The van der Waals surface area contributed by atoms with E-state index in [0.29, 0.717) is 0 Å². The first-order valence-electron chi connectivity index (χ1n) is 10.1. The van der Waals surface area contributed by atoms with Crippen LogP contribution in [0.3, 0.4) is 0 Å². The number of hydrogen-bond donors (Lipinski definition) is 0. The van der Waals surface area contributed by atoms with Crippen LogP contribution in [0.15, 0.2) is 96.8 Å². The van der Waals surface area contributed by atoms with Crippen molar-refractivity contribution in [3.05, 3.63) is 108 Å². The third-order valence-electron chi connectivity index (χ3n) is 6.14. The molecule has 1 aliphatic heterocycles. The minimum absolute atomic E-state index is 0.0301. The number of hydrogen-bond acceptors (Lipinski definition) is 1. The Morgan fingerprint density at radius 3 is 2.28 bits per heavy atom. The molecule has 0 bridgehead atoms. The van der Waals surface area contributed by atoms with Crippen molar-refractivity contribution in [2.24, 2.45) is 0 Å². The third kappa shape index (κ3) is 2.75. The molecular weight excluding hydrogens is 352 g/mol. The number of para-hydroxylation sites is 3. The number of benzene rings is 3. The fourth-order valence-electron chi connectivity index (χ4n) is 4.60. The first kappa shape index (κ1) is 17.7. The highest BCUT2D eigenvalue weighted by Crippen LogP contribution is 2.47. The van der Waals surface area contributed by atoms with Crippen molar-refractivity contribution in [3.63, 3.8) is 0 Å². The lowest BCUT2D eigenvalue weighted by Crippen LogP contribution is -2.31. The van der Waals surface area contributed by atoms with Crippen LogP contribution in [0.4, 0.5) is 5.69 Å². The van der Waals surface area contributed by atoms with E-state index in [9.17, 15) is 0 Å². The predicted octanol–water partition coefficient (Wildman–Crippen LogP) is 5.89. The molecule has 0 saturated carbocycles. The van der Waals surface area contributed by atoms with Crippen LogP contribution in [-0.4, -0.2) is 7.05 Å². The molecule has 3 aromatic carbocycles. The van der Waals surface area contributed by atoms with Crippen LogP contribution < -0.4 is 9.47 Å². The second-order valence-corrected chi connectivity index (χ2v) is 8.22. The van der Waals surface area contributed by atoms with E-state index in [-0.39, 0.29) is 5.41 Å². The molecule has 1 aromatic heterocycles. The summed E-state index contributed by atoms with van der Waals surface area (Å²) < 4.78 is 2.26. The van der Waals surface area contributed by atoms with Gasteiger partial charge in [0.25, 0.3) is 0 Å². The summed E-state index contributed by atoms with van der Waals surface area (Å²) >= 11 is 0. The smallest absolute Gasteiger partial charge is 0.219 e. The summed E-state index contributed by atoms with van der Waals surface area (Å²) in [5, 5.41) is 1.26. The highest BCUT2D eigenvalue weighted by molar-refractivity contribution is 5.88. The molecule has 0 N–H and O–H groups in total. The van der Waals surface area contributed by atoms with Crippen LogP contribution in [0.2, 0.25) is 0 Å². The molecule has 0 fully saturated rings. The molecular formula is C27H25N2+. The Kier molecular flexibility index (Phi) is 4.02. The van der Waals surface area contributed by atoms with E-state index in [1.165, 1.54) is 39.1 Å². The second-order valence-electron chi connectivity index (χ2n) is 8.22. The number of anilines is 1. The van der Waals surface area contributed by atoms with Gasteiger partial charge in [-0.1, -0.05) is 62.4 Å². The van der Waals surface area contributed by atoms with E-state index in [2.05, 4.69) is 128 Å². The number of aromatic nitrogens is 1. The lowest BCUT2D eigenvalue weighted by molar-refractivity contribution is -0.567. The molecule has 5 rings (SSSR count). The van der Waals surface area contributed by atoms with Gasteiger partial charge in [0.15, 0.2) is 6.20 Å². The number of rotatable bonds is 2. The van der Waals surface area contributed by atoms with E-state index >= 15 is 0 Å². The van der Waals surface area contributed by atoms with Gasteiger partial charge in [-0.3, -0.25) is 0 Å². The zero-order valence-electron chi connectivity index (χ0n) is 17.1. The Morgan fingerprint density at radius 2 is 1.48 bits per heavy atom. The first-order chi connectivity index (χ1) is 14.1. The average Bonchev–Trinajstić information content (AvgIpc) is 2.95. The van der Waals surface area contributed by atoms with Gasteiger partial charge in [0.1, 0.15) is 0 Å². The van der Waals surface area contributed by atoms with Gasteiger partial charge in [0, 0.05) is 48.1 Å². The Hall–Kier alpha value is -3.39. The van der Waals surface area contributed by atoms with Crippen LogP contribution >= 0.6 is 0 Å². The van der Waals surface area contributed by atoms with Crippen molar-refractivity contribution in [2.75, 3.05) is 11.9 Å². The van der Waals surface area contributed by atoms with Gasteiger partial charge in [-0.15, -0.1) is 0 Å². The number of pyridine rings is 1. The van der Waals surface area contributed by atoms with Crippen LogP contribution in [0, 0.1) is 0 Å². The van der Waals surface area contributed by atoms with Crippen molar-refractivity contribution in [1.29, 1.82) is 0 Å². The molecule has 142 valence electrons. The third-order valence-corrected chi connectivity index (χ3v) is 6.14. The number of nitrogens with zero attached hydrogens (tertiary/aromatic N) is 2. The molecule has 2 nitrogen and oxygen atoms in total. The summed E-state index contributed by atoms with van der Waals surface area (Å²) in [5.41, 5.74) is 7.60. The fourth-order valence-corrected chi connectivity index (χ4v) is 4.60. The standard InChI is InChI=1S/C27H25N2/c1-27(2)23-14-8-10-16-25(23)28(3)26(27)19-20-17-18-29(21-11-5-4-6-12-21)24-15-9-7-13-22(20)24/h4-19H,1-3H3/q+1. The summed E-state index contributed by atoms with van der Waals surface area (Å²) in [6, 6.07) is 30.1. The van der Waals surface area contributed by atoms with Crippen molar-refractivity contribution in [3.8, 4) is 5.69 Å². The molecule has 2 heterocycles. The number of allylic oxidation sites excluding steroid dienone is 1. The molecule has 0 aliphatic carbocycles. The van der Waals surface area contributed by atoms with Crippen molar-refractivity contribution in [2.45, 2.75) is 19.3 Å². The quantitative estimate of drug-likeness (QED) is 0.395. The molecule has 2 heteroatoms. The minimum atomic E-state index is -0.0301. The molecule has 0 atom stereocenters. The maximum atomic E-state index is 2.36. The number of fused-ring (bicyclic) bond motifs is 2. The Morgan fingerprint density at radius 1 is 0.793 bits per heavy atom. The maximum absolute atomic E-state index is 2.36. The van der Waals surface area contributed by atoms with Gasteiger partial charge >= 0.3 is 0 Å². The van der Waals surface area contributed by atoms with Crippen LogP contribution in [-0.2, 0) is 5.41 Å². The summed E-state index contributed by atoms with van der Waals surface area (Å²) in [5.74, 6) is 0. The summed E-state index contributed by atoms with van der Waals surface area (Å²) in [6.45, 7) is 4.63. The normalized spacial score (nSPS) is 16.4. The number of likely N-dealkylation sites (N-methyl/N-ethyl adjacent to an activating group) is 1. The predicted molar refractivity (Wildman–Crippen MR) is 121 cm³/mol. The van der Waals surface area contributed by atoms with Crippen molar-refractivity contribution in [1.82, 2.24) is 0 Å². The SMILES string of the molecule is CN1/C(=C\c2cc[n+](-c3ccccc3)c3ccccc23)C(C)(C)c2ccccc21. The van der Waals surface area contributed by atoms with E-state index in [1.54, 1.807) is 0 Å². The lowest BCUT2D eigenvalue weighted by atomic mass is 9.83. The van der Waals surface area contributed by atoms with E-state index < -0.39 is 0 Å². The van der Waals surface area contributed by atoms with E-state index in [0.717, 1.165) is 0 Å². The Bertz CT molecular complexity index is 1240. The highest BCUT2D eigenvalue weighted by atomic mass is 15.2. The van der Waals surface area contributed by atoms with Gasteiger partial charge in [-0.2, -0.15) is 4.57 Å². The van der Waals surface area contributed by atoms with Crippen molar-refractivity contribution >= 4 is 22.7 Å². The monoisotopic (exact) mass is 377 g/mol. The molecule has 0 unspecified atom stereocenters. The topological polar surface area (TPSA) is 7.12 Å². The van der Waals surface area contributed by atoms with Gasteiger partial charge in [-0.05, 0) is 29.3 Å². The average molecular weight is 378 g/mol. The van der Waals surface area contributed by atoms with Gasteiger partial charge in [0.05, 0.1) is 5.39 Å². The van der Waals surface area contributed by atoms with Gasteiger partial charge < -0.3 is 4.90 Å². The minimum Gasteiger partial charge on any atom is -0.347 e. The zero-order chi connectivity index (χ0) is 20.0. The second kappa shape index (κ2) is 6.59. The first-order valence-corrected chi connectivity index (χ1v) is 10.1. The lowest BCUT2D eigenvalue weighted by Gasteiger charge is -2.24. The van der Waals surface area contributed by atoms with Crippen molar-refractivity contribution < 1.29 is 4.57 Å². The zero-order valence-corrected chi connectivity index (χ0v) is 17.1. The van der Waals surface area contributed by atoms with Crippen LogP contribution in [0.25, 0.3) is 22.7 Å². The summed E-state index contributed by atoms with van der Waals surface area (Å²) in [6.07, 6.45) is 4.54. The van der Waals surface area contributed by atoms with E-state index in [4.69, 9.17) is 0 Å². The molecule has 0 spiro atoms. The Labute approximate surface area is 172 Å². The molecule has 0 amide bonds. The Balaban J connectivity index is 1.70. The summed E-state index contributed by atoms with van der Waals surface area (Å²) in [7, 11) is 2.18. The largest absolute Gasteiger partial charge is 0.347 e. The van der Waals surface area contributed by atoms with Crippen LogP contribution in [0.1, 0.15) is 25.0 Å². The molecule has 0 saturated heterocycles. The maximum Gasteiger partial charge on any atom is 0.219 e. The molecule has 29 heavy (non-hydrogen) atoms. The molecule has 1 aliphatic rings. The van der Waals surface area contributed by atoms with Gasteiger partial charge in [-0.25, -0.2) is 0 Å². The fraction of sp³-hybridized carbons (Fsp3) is 0.148. The van der Waals surface area contributed by atoms with Crippen LogP contribution in [0.5, 0.6) is 0 Å². The molecule has 4 aromatic rings. The molecule has 0 radical (unpaired) electrons. The van der Waals surface area contributed by atoms with E-state index in [1.807, 2.05) is 0 Å². The van der Waals surface area contributed by atoms with Gasteiger partial charge in [0.2, 0.25) is 11.2 Å².